The minimum atomic E-state index is -0.960. The molecule has 3 rings (SSSR count). The van der Waals surface area contributed by atoms with E-state index < -0.39 is 28.4 Å². The average Bonchev–Trinajstić information content (AvgIpc) is 2.85. The molecule has 8 heteroatoms. The summed E-state index contributed by atoms with van der Waals surface area (Å²) >= 11 is 0. The summed E-state index contributed by atoms with van der Waals surface area (Å²) in [6, 6.07) is 18.6. The number of carbonyl (C=O) groups is 2. The molecule has 0 saturated carbocycles. The molecule has 0 fully saturated rings. The van der Waals surface area contributed by atoms with E-state index in [-0.39, 0.29) is 29.0 Å². The Morgan fingerprint density at radius 2 is 1.65 bits per heavy atom. The maximum atomic E-state index is 13.2. The fourth-order valence-electron chi connectivity index (χ4n) is 3.43. The number of esters is 1. The number of nitrogens with zero attached hydrogens (tertiary/aromatic N) is 1. The van der Waals surface area contributed by atoms with Gasteiger partial charge in [-0.15, -0.1) is 0 Å². The van der Waals surface area contributed by atoms with E-state index in [4.69, 9.17) is 4.74 Å². The van der Waals surface area contributed by atoms with Gasteiger partial charge in [0.15, 0.2) is 0 Å². The van der Waals surface area contributed by atoms with Crippen LogP contribution in [-0.2, 0) is 16.0 Å². The Labute approximate surface area is 215 Å². The van der Waals surface area contributed by atoms with Crippen molar-refractivity contribution in [3.63, 3.8) is 0 Å². The number of non-ortho nitro benzene ring substituents is 1. The van der Waals surface area contributed by atoms with E-state index in [2.05, 4.69) is 17.2 Å². The number of phenolic OH excluding ortho intramolecular Hbond substituents is 1. The zero-order chi connectivity index (χ0) is 27.0. The van der Waals surface area contributed by atoms with Gasteiger partial charge in [0.05, 0.1) is 4.92 Å². The van der Waals surface area contributed by atoms with Crippen LogP contribution >= 0.6 is 0 Å². The molecule has 2 N–H and O–H groups in total. The molecular formula is C29H28N2O6. The van der Waals surface area contributed by atoms with Crippen molar-refractivity contribution in [3.05, 3.63) is 105 Å². The Morgan fingerprint density at radius 3 is 2.27 bits per heavy atom. The zero-order valence-corrected chi connectivity index (χ0v) is 20.9. The predicted molar refractivity (Wildman–Crippen MR) is 139 cm³/mol. The van der Waals surface area contributed by atoms with E-state index in [0.717, 1.165) is 11.6 Å². The van der Waals surface area contributed by atoms with Gasteiger partial charge in [-0.3, -0.25) is 14.9 Å². The number of aryl methyl sites for hydroxylation is 1. The van der Waals surface area contributed by atoms with Crippen LogP contribution < -0.4 is 5.32 Å². The number of nitro groups is 1. The van der Waals surface area contributed by atoms with Crippen LogP contribution in [0, 0.1) is 22.0 Å². The van der Waals surface area contributed by atoms with Crippen LogP contribution in [0.1, 0.15) is 54.2 Å². The minimum Gasteiger partial charge on any atom is -0.508 e. The third kappa shape index (κ3) is 8.51. The first kappa shape index (κ1) is 27.0. The number of aromatic hydroxyl groups is 1. The number of rotatable bonds is 7. The Morgan fingerprint density at radius 1 is 1.00 bits per heavy atom. The number of hydrogen-bond donors (Lipinski definition) is 2. The second-order valence-electron chi connectivity index (χ2n) is 9.41. The van der Waals surface area contributed by atoms with Gasteiger partial charge in [0.2, 0.25) is 0 Å². The molecule has 0 spiro atoms. The molecule has 0 unspecified atom stereocenters. The number of benzene rings is 3. The average molecular weight is 501 g/mol. The summed E-state index contributed by atoms with van der Waals surface area (Å²) in [6.45, 7) is 5.21. The highest BCUT2D eigenvalue weighted by molar-refractivity contribution is 5.97. The molecule has 190 valence electrons. The number of nitrogens with one attached hydrogen (secondary N) is 1. The first-order valence-corrected chi connectivity index (χ1v) is 11.7. The van der Waals surface area contributed by atoms with Gasteiger partial charge in [0.1, 0.15) is 17.4 Å². The van der Waals surface area contributed by atoms with Crippen LogP contribution in [0.15, 0.2) is 72.8 Å². The predicted octanol–water partition coefficient (Wildman–Crippen LogP) is 4.77. The van der Waals surface area contributed by atoms with Gasteiger partial charge in [-0.2, -0.15) is 0 Å². The second kappa shape index (κ2) is 11.9. The molecule has 1 amide bonds. The molecule has 0 saturated heterocycles. The normalized spacial score (nSPS) is 11.5. The molecule has 0 heterocycles. The van der Waals surface area contributed by atoms with Crippen molar-refractivity contribution in [2.45, 2.75) is 45.3 Å². The molecule has 37 heavy (non-hydrogen) atoms. The second-order valence-corrected chi connectivity index (χ2v) is 9.41. The molecule has 8 nitrogen and oxygen atoms in total. The molecule has 0 radical (unpaired) electrons. The van der Waals surface area contributed by atoms with Crippen LogP contribution in [0.5, 0.6) is 5.75 Å². The van der Waals surface area contributed by atoms with Gasteiger partial charge in [0.25, 0.3) is 11.6 Å². The standard InChI is InChI=1S/C29H28N2O6/c1-29(2,3)37-28(34)26(16-13-20-7-5-4-6-8-20)30-27(33)23-17-22(18-24(19-23)31(35)36)10-9-21-11-14-25(32)15-12-21/h4-8,11-12,14-15,17-19,26,32H,13,16H2,1-3H3,(H,30,33)/t26-/m0/s1. The molecule has 1 atom stereocenters. The van der Waals surface area contributed by atoms with Crippen molar-refractivity contribution in [2.24, 2.45) is 0 Å². The fourth-order valence-corrected chi connectivity index (χ4v) is 3.43. The molecule has 0 aliphatic carbocycles. The van der Waals surface area contributed by atoms with E-state index in [1.54, 1.807) is 32.9 Å². The van der Waals surface area contributed by atoms with Gasteiger partial charge in [-0.25, -0.2) is 4.79 Å². The van der Waals surface area contributed by atoms with Crippen molar-refractivity contribution in [2.75, 3.05) is 0 Å². The van der Waals surface area contributed by atoms with Gasteiger partial charge >= 0.3 is 5.97 Å². The number of hydrogen-bond acceptors (Lipinski definition) is 6. The Hall–Kier alpha value is -4.64. The maximum Gasteiger partial charge on any atom is 0.329 e. The fraction of sp³-hybridized carbons (Fsp3) is 0.241. The highest BCUT2D eigenvalue weighted by Gasteiger charge is 2.27. The first-order valence-electron chi connectivity index (χ1n) is 11.7. The third-order valence-electron chi connectivity index (χ3n) is 5.17. The summed E-state index contributed by atoms with van der Waals surface area (Å²) in [5.41, 5.74) is 0.771. The van der Waals surface area contributed by atoms with Crippen LogP contribution in [-0.4, -0.2) is 33.5 Å². The van der Waals surface area contributed by atoms with Crippen molar-refractivity contribution < 1.29 is 24.4 Å². The first-order chi connectivity index (χ1) is 17.5. The van der Waals surface area contributed by atoms with Gasteiger partial charge in [-0.1, -0.05) is 42.2 Å². The molecule has 3 aromatic carbocycles. The monoisotopic (exact) mass is 500 g/mol. The lowest BCUT2D eigenvalue weighted by molar-refractivity contribution is -0.384. The smallest absolute Gasteiger partial charge is 0.329 e. The third-order valence-corrected chi connectivity index (χ3v) is 5.17. The van der Waals surface area contributed by atoms with Crippen molar-refractivity contribution in [1.29, 1.82) is 0 Å². The van der Waals surface area contributed by atoms with E-state index in [1.807, 2.05) is 30.3 Å². The Kier molecular flexibility index (Phi) is 8.64. The van der Waals surface area contributed by atoms with E-state index >= 15 is 0 Å². The number of ether oxygens (including phenoxy) is 1. The quantitative estimate of drug-likeness (QED) is 0.209. The molecular weight excluding hydrogens is 472 g/mol. The molecule has 0 bridgehead atoms. The van der Waals surface area contributed by atoms with Crippen LogP contribution in [0.25, 0.3) is 0 Å². The lowest BCUT2D eigenvalue weighted by Gasteiger charge is -2.24. The van der Waals surface area contributed by atoms with Crippen molar-refractivity contribution in [1.82, 2.24) is 5.32 Å². The molecule has 0 aliphatic heterocycles. The van der Waals surface area contributed by atoms with Gasteiger partial charge in [-0.05, 0) is 69.5 Å². The number of phenols is 1. The summed E-state index contributed by atoms with van der Waals surface area (Å²) in [7, 11) is 0. The lowest BCUT2D eigenvalue weighted by atomic mass is 10.0. The summed E-state index contributed by atoms with van der Waals surface area (Å²) in [5.74, 6) is 4.52. The maximum absolute atomic E-state index is 13.2. The highest BCUT2D eigenvalue weighted by atomic mass is 16.6. The van der Waals surface area contributed by atoms with E-state index in [1.165, 1.54) is 24.3 Å². The number of amides is 1. The van der Waals surface area contributed by atoms with Crippen molar-refractivity contribution in [3.8, 4) is 17.6 Å². The Bertz CT molecular complexity index is 1330. The number of nitro benzene ring substituents is 1. The molecule has 0 aliphatic rings. The number of carbonyl (C=O) groups excluding carboxylic acids is 2. The molecule has 3 aromatic rings. The van der Waals surface area contributed by atoms with E-state index in [9.17, 15) is 24.8 Å². The molecule has 0 aromatic heterocycles. The largest absolute Gasteiger partial charge is 0.508 e. The van der Waals surface area contributed by atoms with Crippen LogP contribution in [0.3, 0.4) is 0 Å². The summed E-state index contributed by atoms with van der Waals surface area (Å²) in [5, 5.41) is 23.6. The highest BCUT2D eigenvalue weighted by Crippen LogP contribution is 2.19. The van der Waals surface area contributed by atoms with Crippen LogP contribution in [0.2, 0.25) is 0 Å². The summed E-state index contributed by atoms with van der Waals surface area (Å²) in [6.07, 6.45) is 0.802. The summed E-state index contributed by atoms with van der Waals surface area (Å²) in [4.78, 5) is 36.9. The SMILES string of the molecule is CC(C)(C)OC(=O)[C@H](CCc1ccccc1)NC(=O)c1cc(C#Cc2ccc(O)cc2)cc([N+](=O)[O-])c1. The summed E-state index contributed by atoms with van der Waals surface area (Å²) < 4.78 is 5.50. The lowest BCUT2D eigenvalue weighted by Crippen LogP contribution is -2.44. The minimum absolute atomic E-state index is 0.00234. The van der Waals surface area contributed by atoms with E-state index in [0.29, 0.717) is 12.0 Å². The van der Waals surface area contributed by atoms with Crippen LogP contribution in [0.4, 0.5) is 5.69 Å². The Balaban J connectivity index is 1.86. The van der Waals surface area contributed by atoms with Gasteiger partial charge < -0.3 is 15.2 Å². The van der Waals surface area contributed by atoms with Crippen molar-refractivity contribution >= 4 is 17.6 Å². The topological polar surface area (TPSA) is 119 Å². The zero-order valence-electron chi connectivity index (χ0n) is 20.9. The van der Waals surface area contributed by atoms with Gasteiger partial charge in [0, 0.05) is 28.8 Å².